The van der Waals surface area contributed by atoms with Gasteiger partial charge < -0.3 is 14.8 Å². The number of carbonyl (C=O) groups is 1. The van der Waals surface area contributed by atoms with Gasteiger partial charge in [-0.1, -0.05) is 11.3 Å². The molecule has 0 aromatic carbocycles. The molecule has 1 aliphatic heterocycles. The van der Waals surface area contributed by atoms with E-state index in [1.807, 2.05) is 33.4 Å². The predicted octanol–water partition coefficient (Wildman–Crippen LogP) is 2.85. The summed E-state index contributed by atoms with van der Waals surface area (Å²) in [6.07, 6.45) is 9.03. The third kappa shape index (κ3) is 3.45. The van der Waals surface area contributed by atoms with Crippen LogP contribution >= 0.6 is 11.3 Å². The Bertz CT molecular complexity index is 708. The smallest absolute Gasteiger partial charge is 0.266 e. The lowest BCUT2D eigenvalue weighted by Gasteiger charge is -2.35. The number of piperidine rings is 1. The Morgan fingerprint density at radius 2 is 2.29 bits per heavy atom. The number of likely N-dealkylation sites (tertiary alicyclic amines) is 1. The van der Waals surface area contributed by atoms with E-state index in [-0.39, 0.29) is 5.91 Å². The molecule has 0 radical (unpaired) electrons. The standard InChI is InChI=1S/C17H25N5OS/c1-12-15(24-17(18-2)20-12)16(23)22-10-5-4-6-13(22)7-8-14-19-9-11-21(14)3/h9,11,13H,4-8,10H2,1-3H3,(H,18,20)/t13-/m0/s1. The van der Waals surface area contributed by atoms with Crippen molar-refractivity contribution < 1.29 is 4.79 Å². The molecule has 1 aliphatic rings. The topological polar surface area (TPSA) is 63.1 Å². The second-order valence-corrected chi connectivity index (χ2v) is 7.32. The normalized spacial score (nSPS) is 18.0. The van der Waals surface area contributed by atoms with Gasteiger partial charge in [0, 0.05) is 45.5 Å². The molecule has 1 amide bonds. The zero-order chi connectivity index (χ0) is 17.1. The van der Waals surface area contributed by atoms with Crippen molar-refractivity contribution in [3.8, 4) is 0 Å². The van der Waals surface area contributed by atoms with Gasteiger partial charge in [0.2, 0.25) is 0 Å². The number of nitrogens with one attached hydrogen (secondary N) is 1. The van der Waals surface area contributed by atoms with Crippen LogP contribution in [0.15, 0.2) is 12.4 Å². The average Bonchev–Trinajstić information content (AvgIpc) is 3.18. The number of aryl methyl sites for hydroxylation is 3. The summed E-state index contributed by atoms with van der Waals surface area (Å²) in [4.78, 5) is 24.7. The Labute approximate surface area is 146 Å². The molecule has 130 valence electrons. The first-order chi connectivity index (χ1) is 11.6. The molecule has 2 aromatic rings. The van der Waals surface area contributed by atoms with Crippen molar-refractivity contribution in [3.63, 3.8) is 0 Å². The lowest BCUT2D eigenvalue weighted by molar-refractivity contribution is 0.0605. The third-order valence-electron chi connectivity index (χ3n) is 4.71. The number of nitrogens with zero attached hydrogens (tertiary/aromatic N) is 4. The molecule has 7 heteroatoms. The molecule has 0 unspecified atom stereocenters. The van der Waals surface area contributed by atoms with Crippen LogP contribution in [0.4, 0.5) is 5.13 Å². The fourth-order valence-corrected chi connectivity index (χ4v) is 4.21. The van der Waals surface area contributed by atoms with Gasteiger partial charge in [0.1, 0.15) is 10.7 Å². The SMILES string of the molecule is CNc1nc(C)c(C(=O)N2CCCC[C@H]2CCc2nccn2C)s1. The van der Waals surface area contributed by atoms with Crippen LogP contribution in [0.5, 0.6) is 0 Å². The van der Waals surface area contributed by atoms with E-state index in [4.69, 9.17) is 0 Å². The summed E-state index contributed by atoms with van der Waals surface area (Å²) in [6, 6.07) is 0.294. The lowest BCUT2D eigenvalue weighted by Crippen LogP contribution is -2.44. The molecule has 0 saturated carbocycles. The Morgan fingerprint density at radius 1 is 1.46 bits per heavy atom. The van der Waals surface area contributed by atoms with Crippen LogP contribution in [0.25, 0.3) is 0 Å². The van der Waals surface area contributed by atoms with Crippen molar-refractivity contribution in [2.24, 2.45) is 7.05 Å². The number of aromatic nitrogens is 3. The molecular weight excluding hydrogens is 322 g/mol. The number of hydrogen-bond donors (Lipinski definition) is 1. The van der Waals surface area contributed by atoms with E-state index < -0.39 is 0 Å². The maximum atomic E-state index is 13.0. The summed E-state index contributed by atoms with van der Waals surface area (Å²) < 4.78 is 2.06. The van der Waals surface area contributed by atoms with Gasteiger partial charge >= 0.3 is 0 Å². The largest absolute Gasteiger partial charge is 0.365 e. The fraction of sp³-hybridized carbons (Fsp3) is 0.588. The number of amides is 1. The van der Waals surface area contributed by atoms with Gasteiger partial charge in [-0.05, 0) is 32.6 Å². The molecule has 0 bridgehead atoms. The van der Waals surface area contributed by atoms with E-state index in [2.05, 4.69) is 24.8 Å². The minimum atomic E-state index is 0.135. The van der Waals surface area contributed by atoms with Gasteiger partial charge in [0.15, 0.2) is 5.13 Å². The number of thiazole rings is 1. The van der Waals surface area contributed by atoms with E-state index >= 15 is 0 Å². The molecule has 0 aliphatic carbocycles. The van der Waals surface area contributed by atoms with E-state index in [1.165, 1.54) is 17.8 Å². The predicted molar refractivity (Wildman–Crippen MR) is 96.6 cm³/mol. The van der Waals surface area contributed by atoms with Gasteiger partial charge in [-0.25, -0.2) is 9.97 Å². The van der Waals surface area contributed by atoms with E-state index in [1.54, 1.807) is 0 Å². The second-order valence-electron chi connectivity index (χ2n) is 6.32. The molecule has 1 saturated heterocycles. The van der Waals surface area contributed by atoms with Crippen LogP contribution in [-0.4, -0.2) is 45.0 Å². The van der Waals surface area contributed by atoms with Crippen LogP contribution in [0.2, 0.25) is 0 Å². The zero-order valence-electron chi connectivity index (χ0n) is 14.6. The van der Waals surface area contributed by atoms with Crippen molar-refractivity contribution in [2.45, 2.75) is 45.1 Å². The highest BCUT2D eigenvalue weighted by Crippen LogP contribution is 2.28. The van der Waals surface area contributed by atoms with Crippen molar-refractivity contribution in [2.75, 3.05) is 18.9 Å². The van der Waals surface area contributed by atoms with Crippen molar-refractivity contribution in [1.29, 1.82) is 0 Å². The molecule has 3 heterocycles. The molecule has 2 aromatic heterocycles. The third-order valence-corrected chi connectivity index (χ3v) is 5.88. The molecule has 6 nitrogen and oxygen atoms in total. The maximum absolute atomic E-state index is 13.0. The highest BCUT2D eigenvalue weighted by molar-refractivity contribution is 7.17. The fourth-order valence-electron chi connectivity index (χ4n) is 3.33. The second kappa shape index (κ2) is 7.34. The quantitative estimate of drug-likeness (QED) is 0.903. The van der Waals surface area contributed by atoms with Crippen molar-refractivity contribution in [1.82, 2.24) is 19.4 Å². The molecule has 1 atom stereocenters. The van der Waals surface area contributed by atoms with E-state index in [0.29, 0.717) is 6.04 Å². The van der Waals surface area contributed by atoms with Gasteiger partial charge in [-0.3, -0.25) is 4.79 Å². The number of carbonyl (C=O) groups excluding carboxylic acids is 1. The minimum Gasteiger partial charge on any atom is -0.365 e. The summed E-state index contributed by atoms with van der Waals surface area (Å²) in [5.41, 5.74) is 0.822. The summed E-state index contributed by atoms with van der Waals surface area (Å²) in [5, 5.41) is 3.84. The number of rotatable bonds is 5. The first kappa shape index (κ1) is 17.0. The number of anilines is 1. The Balaban J connectivity index is 1.72. The highest BCUT2D eigenvalue weighted by atomic mass is 32.1. The molecule has 1 fully saturated rings. The zero-order valence-corrected chi connectivity index (χ0v) is 15.4. The van der Waals surface area contributed by atoms with Gasteiger partial charge in [0.25, 0.3) is 5.91 Å². The van der Waals surface area contributed by atoms with Crippen LogP contribution in [-0.2, 0) is 13.5 Å². The average molecular weight is 347 g/mol. The Hall–Kier alpha value is -1.89. The molecular formula is C17H25N5OS. The van der Waals surface area contributed by atoms with Gasteiger partial charge in [-0.2, -0.15) is 0 Å². The van der Waals surface area contributed by atoms with E-state index in [0.717, 1.165) is 53.8 Å². The first-order valence-electron chi connectivity index (χ1n) is 8.52. The highest BCUT2D eigenvalue weighted by Gasteiger charge is 2.29. The van der Waals surface area contributed by atoms with Crippen LogP contribution in [0, 0.1) is 6.92 Å². The Morgan fingerprint density at radius 3 is 2.96 bits per heavy atom. The van der Waals surface area contributed by atoms with Crippen LogP contribution in [0.1, 0.15) is 46.9 Å². The summed E-state index contributed by atoms with van der Waals surface area (Å²) in [5.74, 6) is 1.22. The lowest BCUT2D eigenvalue weighted by atomic mass is 9.97. The monoisotopic (exact) mass is 347 g/mol. The number of hydrogen-bond acceptors (Lipinski definition) is 5. The van der Waals surface area contributed by atoms with Crippen molar-refractivity contribution >= 4 is 22.4 Å². The summed E-state index contributed by atoms with van der Waals surface area (Å²) in [6.45, 7) is 2.76. The molecule has 0 spiro atoms. The molecule has 3 rings (SSSR count). The number of imidazole rings is 1. The molecule has 24 heavy (non-hydrogen) atoms. The first-order valence-corrected chi connectivity index (χ1v) is 9.34. The Kier molecular flexibility index (Phi) is 5.18. The minimum absolute atomic E-state index is 0.135. The summed E-state index contributed by atoms with van der Waals surface area (Å²) in [7, 11) is 3.86. The molecule has 1 N–H and O–H groups in total. The van der Waals surface area contributed by atoms with Gasteiger partial charge in [0.05, 0.1) is 5.69 Å². The maximum Gasteiger partial charge on any atom is 0.266 e. The van der Waals surface area contributed by atoms with Crippen LogP contribution in [0.3, 0.4) is 0 Å². The van der Waals surface area contributed by atoms with Crippen molar-refractivity contribution in [3.05, 3.63) is 28.8 Å². The van der Waals surface area contributed by atoms with Crippen LogP contribution < -0.4 is 5.32 Å². The van der Waals surface area contributed by atoms with Gasteiger partial charge in [-0.15, -0.1) is 0 Å². The van der Waals surface area contributed by atoms with E-state index in [9.17, 15) is 4.79 Å². The summed E-state index contributed by atoms with van der Waals surface area (Å²) >= 11 is 1.45.